The first kappa shape index (κ1) is 9.26. The highest BCUT2D eigenvalue weighted by Crippen LogP contribution is 2.03. The van der Waals surface area contributed by atoms with E-state index in [1.807, 2.05) is 0 Å². The van der Waals surface area contributed by atoms with Crippen molar-refractivity contribution in [3.05, 3.63) is 17.8 Å². The SMILES string of the molecule is CCCNCc1ncc(CC)o1. The summed E-state index contributed by atoms with van der Waals surface area (Å²) < 4.78 is 5.41. The van der Waals surface area contributed by atoms with Crippen molar-refractivity contribution in [2.24, 2.45) is 0 Å². The van der Waals surface area contributed by atoms with Crippen LogP contribution in [0.2, 0.25) is 0 Å². The maximum Gasteiger partial charge on any atom is 0.208 e. The number of hydrogen-bond acceptors (Lipinski definition) is 3. The number of nitrogens with zero attached hydrogens (tertiary/aromatic N) is 1. The Morgan fingerprint density at radius 2 is 2.33 bits per heavy atom. The van der Waals surface area contributed by atoms with E-state index in [0.717, 1.165) is 37.6 Å². The Bertz CT molecular complexity index is 220. The van der Waals surface area contributed by atoms with Gasteiger partial charge >= 0.3 is 0 Å². The van der Waals surface area contributed by atoms with Crippen molar-refractivity contribution >= 4 is 0 Å². The fraction of sp³-hybridized carbons (Fsp3) is 0.667. The summed E-state index contributed by atoms with van der Waals surface area (Å²) in [5.41, 5.74) is 0. The molecule has 3 heteroatoms. The van der Waals surface area contributed by atoms with E-state index in [2.05, 4.69) is 24.1 Å². The summed E-state index contributed by atoms with van der Waals surface area (Å²) in [5, 5.41) is 3.23. The lowest BCUT2D eigenvalue weighted by Gasteiger charge is -1.96. The van der Waals surface area contributed by atoms with Crippen LogP contribution in [-0.4, -0.2) is 11.5 Å². The molecule has 0 aromatic carbocycles. The molecule has 0 fully saturated rings. The Kier molecular flexibility index (Phi) is 3.80. The molecule has 3 nitrogen and oxygen atoms in total. The highest BCUT2D eigenvalue weighted by molar-refractivity contribution is 4.93. The zero-order valence-electron chi connectivity index (χ0n) is 7.76. The van der Waals surface area contributed by atoms with Crippen molar-refractivity contribution in [3.8, 4) is 0 Å². The Labute approximate surface area is 73.2 Å². The van der Waals surface area contributed by atoms with Gasteiger partial charge in [-0.2, -0.15) is 0 Å². The van der Waals surface area contributed by atoms with Crippen LogP contribution in [0.25, 0.3) is 0 Å². The number of aromatic nitrogens is 1. The van der Waals surface area contributed by atoms with Crippen LogP contribution in [0.15, 0.2) is 10.6 Å². The van der Waals surface area contributed by atoms with Gasteiger partial charge in [0.2, 0.25) is 5.89 Å². The Morgan fingerprint density at radius 3 is 2.92 bits per heavy atom. The first-order valence-corrected chi connectivity index (χ1v) is 4.51. The van der Waals surface area contributed by atoms with Crippen LogP contribution in [0.4, 0.5) is 0 Å². The molecule has 1 N–H and O–H groups in total. The van der Waals surface area contributed by atoms with Gasteiger partial charge in [-0.3, -0.25) is 0 Å². The van der Waals surface area contributed by atoms with E-state index in [-0.39, 0.29) is 0 Å². The lowest BCUT2D eigenvalue weighted by Crippen LogP contribution is -2.13. The molecule has 0 atom stereocenters. The summed E-state index contributed by atoms with van der Waals surface area (Å²) >= 11 is 0. The third-order valence-corrected chi connectivity index (χ3v) is 1.65. The minimum absolute atomic E-state index is 0.744. The summed E-state index contributed by atoms with van der Waals surface area (Å²) in [6, 6.07) is 0. The minimum Gasteiger partial charge on any atom is -0.444 e. The first-order chi connectivity index (χ1) is 5.86. The van der Waals surface area contributed by atoms with Gasteiger partial charge in [-0.1, -0.05) is 13.8 Å². The Morgan fingerprint density at radius 1 is 1.50 bits per heavy atom. The van der Waals surface area contributed by atoms with Gasteiger partial charge in [0.05, 0.1) is 12.7 Å². The smallest absolute Gasteiger partial charge is 0.208 e. The average molecular weight is 168 g/mol. The molecule has 0 unspecified atom stereocenters. The second-order valence-electron chi connectivity index (χ2n) is 2.75. The molecule has 0 saturated carbocycles. The maximum atomic E-state index is 5.41. The molecule has 0 aliphatic carbocycles. The van der Waals surface area contributed by atoms with Gasteiger partial charge in [0.1, 0.15) is 5.76 Å². The molecule has 0 radical (unpaired) electrons. The molecule has 1 heterocycles. The lowest BCUT2D eigenvalue weighted by atomic mass is 10.4. The van der Waals surface area contributed by atoms with Crippen molar-refractivity contribution in [1.29, 1.82) is 0 Å². The molecule has 0 aliphatic rings. The van der Waals surface area contributed by atoms with Gasteiger partial charge in [-0.05, 0) is 13.0 Å². The molecule has 0 aliphatic heterocycles. The number of aryl methyl sites for hydroxylation is 1. The Hall–Kier alpha value is -0.830. The predicted molar refractivity (Wildman–Crippen MR) is 47.9 cm³/mol. The largest absolute Gasteiger partial charge is 0.444 e. The monoisotopic (exact) mass is 168 g/mol. The maximum absolute atomic E-state index is 5.41. The zero-order valence-corrected chi connectivity index (χ0v) is 7.76. The van der Waals surface area contributed by atoms with Crippen LogP contribution in [0.5, 0.6) is 0 Å². The van der Waals surface area contributed by atoms with Gasteiger partial charge in [0.25, 0.3) is 0 Å². The molecule has 0 bridgehead atoms. The number of oxazole rings is 1. The molecule has 1 aromatic rings. The van der Waals surface area contributed by atoms with Crippen molar-refractivity contribution in [2.75, 3.05) is 6.54 Å². The van der Waals surface area contributed by atoms with E-state index >= 15 is 0 Å². The van der Waals surface area contributed by atoms with E-state index < -0.39 is 0 Å². The highest BCUT2D eigenvalue weighted by atomic mass is 16.4. The van der Waals surface area contributed by atoms with E-state index in [1.165, 1.54) is 0 Å². The van der Waals surface area contributed by atoms with Crippen LogP contribution in [0, 0.1) is 0 Å². The fourth-order valence-electron chi connectivity index (χ4n) is 0.965. The van der Waals surface area contributed by atoms with Gasteiger partial charge in [-0.25, -0.2) is 4.98 Å². The quantitative estimate of drug-likeness (QED) is 0.680. The third kappa shape index (κ3) is 2.66. The van der Waals surface area contributed by atoms with E-state index in [9.17, 15) is 0 Å². The summed E-state index contributed by atoms with van der Waals surface area (Å²) in [6.07, 6.45) is 3.85. The molecule has 1 rings (SSSR count). The van der Waals surface area contributed by atoms with E-state index in [4.69, 9.17) is 4.42 Å². The molecule has 0 spiro atoms. The summed E-state index contributed by atoms with van der Waals surface area (Å²) in [6.45, 7) is 5.96. The van der Waals surface area contributed by atoms with Crippen LogP contribution >= 0.6 is 0 Å². The van der Waals surface area contributed by atoms with Gasteiger partial charge in [-0.15, -0.1) is 0 Å². The minimum atomic E-state index is 0.744. The van der Waals surface area contributed by atoms with Crippen LogP contribution < -0.4 is 5.32 Å². The normalized spacial score (nSPS) is 10.5. The fourth-order valence-corrected chi connectivity index (χ4v) is 0.965. The Balaban J connectivity index is 2.31. The van der Waals surface area contributed by atoms with Crippen LogP contribution in [0.1, 0.15) is 31.9 Å². The van der Waals surface area contributed by atoms with Gasteiger partial charge < -0.3 is 9.73 Å². The summed E-state index contributed by atoms with van der Waals surface area (Å²) in [7, 11) is 0. The van der Waals surface area contributed by atoms with Crippen molar-refractivity contribution in [1.82, 2.24) is 10.3 Å². The summed E-state index contributed by atoms with van der Waals surface area (Å²) in [5.74, 6) is 1.75. The van der Waals surface area contributed by atoms with E-state index in [0.29, 0.717) is 0 Å². The molecule has 12 heavy (non-hydrogen) atoms. The number of rotatable bonds is 5. The van der Waals surface area contributed by atoms with E-state index in [1.54, 1.807) is 6.20 Å². The van der Waals surface area contributed by atoms with Crippen molar-refractivity contribution < 1.29 is 4.42 Å². The molecular weight excluding hydrogens is 152 g/mol. The van der Waals surface area contributed by atoms with Gasteiger partial charge in [0.15, 0.2) is 0 Å². The van der Waals surface area contributed by atoms with Gasteiger partial charge in [0, 0.05) is 6.42 Å². The molecule has 0 amide bonds. The highest BCUT2D eigenvalue weighted by Gasteiger charge is 1.99. The molecule has 1 aromatic heterocycles. The first-order valence-electron chi connectivity index (χ1n) is 4.51. The van der Waals surface area contributed by atoms with Crippen LogP contribution in [-0.2, 0) is 13.0 Å². The average Bonchev–Trinajstić information content (AvgIpc) is 2.53. The zero-order chi connectivity index (χ0) is 8.81. The second-order valence-corrected chi connectivity index (χ2v) is 2.75. The standard InChI is InChI=1S/C9H16N2O/c1-3-5-10-7-9-11-6-8(4-2)12-9/h6,10H,3-5,7H2,1-2H3. The number of hydrogen-bond donors (Lipinski definition) is 1. The molecule has 0 saturated heterocycles. The molecule has 68 valence electrons. The second kappa shape index (κ2) is 4.93. The van der Waals surface area contributed by atoms with Crippen molar-refractivity contribution in [3.63, 3.8) is 0 Å². The van der Waals surface area contributed by atoms with Crippen molar-refractivity contribution in [2.45, 2.75) is 33.2 Å². The third-order valence-electron chi connectivity index (χ3n) is 1.65. The van der Waals surface area contributed by atoms with Crippen LogP contribution in [0.3, 0.4) is 0 Å². The summed E-state index contributed by atoms with van der Waals surface area (Å²) in [4.78, 5) is 4.13. The molecular formula is C9H16N2O. The topological polar surface area (TPSA) is 38.1 Å². The lowest BCUT2D eigenvalue weighted by molar-refractivity contribution is 0.439. The predicted octanol–water partition coefficient (Wildman–Crippen LogP) is 1.74. The number of nitrogens with one attached hydrogen (secondary N) is 1.